The van der Waals surface area contributed by atoms with Crippen LogP contribution in [0, 0.1) is 0 Å². The summed E-state index contributed by atoms with van der Waals surface area (Å²) in [5.74, 6) is -0.450. The molecule has 6 heteroatoms. The molecule has 0 saturated carbocycles. The number of rotatable bonds is 2. The third-order valence-electron chi connectivity index (χ3n) is 0.961. The van der Waals surface area contributed by atoms with Gasteiger partial charge in [-0.25, -0.2) is 10.2 Å². The van der Waals surface area contributed by atoms with Crippen molar-refractivity contribution in [2.75, 3.05) is 6.61 Å². The summed E-state index contributed by atoms with van der Waals surface area (Å²) < 4.78 is 5.12. The van der Waals surface area contributed by atoms with Crippen molar-refractivity contribution >= 4 is 11.9 Å². The molecule has 0 fully saturated rings. The number of carbonyl (C=O) groups is 2. The van der Waals surface area contributed by atoms with Crippen molar-refractivity contribution in [3.8, 4) is 0 Å². The van der Waals surface area contributed by atoms with Gasteiger partial charge in [-0.05, 0) is 20.8 Å². The number of hydrogen-bond acceptors (Lipinski definition) is 3. The summed E-state index contributed by atoms with van der Waals surface area (Å²) in [4.78, 5) is 21.0. The monoisotopic (exact) mass is 189 g/mol. The van der Waals surface area contributed by atoms with E-state index in [1.165, 1.54) is 0 Å². The maximum atomic E-state index is 10.9. The number of carbonyl (C=O) groups excluding carboxylic acids is 2. The maximum absolute atomic E-state index is 10.9. The maximum Gasteiger partial charge on any atom is 0.330 e. The fourth-order valence-electron chi connectivity index (χ4n) is 0.449. The standard InChI is InChI=1S/C7H15N3O3/c1-7(2,3)13-4-5(11)9-10-6(8)12/h4H2,1-3H3,(H,9,11)(H3,8,10,12). The fourth-order valence-corrected chi connectivity index (χ4v) is 0.449. The van der Waals surface area contributed by atoms with Gasteiger partial charge in [-0.2, -0.15) is 0 Å². The number of primary amides is 1. The van der Waals surface area contributed by atoms with Crippen LogP contribution in [0.3, 0.4) is 0 Å². The van der Waals surface area contributed by atoms with E-state index >= 15 is 0 Å². The van der Waals surface area contributed by atoms with E-state index in [9.17, 15) is 9.59 Å². The molecular weight excluding hydrogens is 174 g/mol. The minimum absolute atomic E-state index is 0.121. The lowest BCUT2D eigenvalue weighted by atomic mass is 10.2. The van der Waals surface area contributed by atoms with Crippen molar-refractivity contribution in [3.63, 3.8) is 0 Å². The van der Waals surface area contributed by atoms with Crippen LogP contribution in [0.5, 0.6) is 0 Å². The van der Waals surface area contributed by atoms with Gasteiger partial charge in [-0.1, -0.05) is 0 Å². The molecule has 0 atom stereocenters. The molecule has 0 aliphatic carbocycles. The molecule has 0 radical (unpaired) electrons. The average Bonchev–Trinajstić information content (AvgIpc) is 1.95. The lowest BCUT2D eigenvalue weighted by Crippen LogP contribution is -2.46. The Hall–Kier alpha value is -1.30. The molecule has 13 heavy (non-hydrogen) atoms. The molecule has 0 rings (SSSR count). The van der Waals surface area contributed by atoms with Crippen LogP contribution in [0.4, 0.5) is 4.79 Å². The van der Waals surface area contributed by atoms with Crippen molar-refractivity contribution < 1.29 is 14.3 Å². The second-order valence-electron chi connectivity index (χ2n) is 3.44. The molecule has 0 aromatic heterocycles. The minimum Gasteiger partial charge on any atom is -0.366 e. The first-order chi connectivity index (χ1) is 5.81. The molecule has 0 heterocycles. The molecule has 0 aliphatic rings. The molecule has 3 amide bonds. The van der Waals surface area contributed by atoms with Gasteiger partial charge >= 0.3 is 6.03 Å². The van der Waals surface area contributed by atoms with E-state index < -0.39 is 11.9 Å². The predicted molar refractivity (Wildman–Crippen MR) is 46.6 cm³/mol. The van der Waals surface area contributed by atoms with Gasteiger partial charge in [0.15, 0.2) is 0 Å². The van der Waals surface area contributed by atoms with Gasteiger partial charge < -0.3 is 10.5 Å². The number of amides is 3. The zero-order valence-corrected chi connectivity index (χ0v) is 8.01. The van der Waals surface area contributed by atoms with Crippen LogP contribution in [0.15, 0.2) is 0 Å². The first-order valence-corrected chi connectivity index (χ1v) is 3.79. The van der Waals surface area contributed by atoms with Crippen molar-refractivity contribution in [2.24, 2.45) is 5.73 Å². The van der Waals surface area contributed by atoms with Crippen LogP contribution in [0.2, 0.25) is 0 Å². The highest BCUT2D eigenvalue weighted by molar-refractivity contribution is 5.81. The smallest absolute Gasteiger partial charge is 0.330 e. The quantitative estimate of drug-likeness (QED) is 0.511. The lowest BCUT2D eigenvalue weighted by molar-refractivity contribution is -0.131. The second-order valence-corrected chi connectivity index (χ2v) is 3.44. The molecule has 0 aliphatic heterocycles. The van der Waals surface area contributed by atoms with Crippen molar-refractivity contribution in [1.82, 2.24) is 10.9 Å². The van der Waals surface area contributed by atoms with Crippen molar-refractivity contribution in [1.29, 1.82) is 0 Å². The van der Waals surface area contributed by atoms with Gasteiger partial charge in [0.2, 0.25) is 0 Å². The van der Waals surface area contributed by atoms with Crippen molar-refractivity contribution in [3.05, 3.63) is 0 Å². The van der Waals surface area contributed by atoms with Gasteiger partial charge in [0.25, 0.3) is 5.91 Å². The van der Waals surface area contributed by atoms with Crippen LogP contribution >= 0.6 is 0 Å². The fraction of sp³-hybridized carbons (Fsp3) is 0.714. The summed E-state index contributed by atoms with van der Waals surface area (Å²) in [6.07, 6.45) is 0. The van der Waals surface area contributed by atoms with Crippen LogP contribution in [-0.2, 0) is 9.53 Å². The third kappa shape index (κ3) is 8.61. The van der Waals surface area contributed by atoms with E-state index in [0.717, 1.165) is 0 Å². The van der Waals surface area contributed by atoms with Crippen LogP contribution in [0.1, 0.15) is 20.8 Å². The van der Waals surface area contributed by atoms with Gasteiger partial charge in [-0.3, -0.25) is 10.2 Å². The molecule has 0 bridgehead atoms. The number of hydrazine groups is 1. The molecule has 4 N–H and O–H groups in total. The largest absolute Gasteiger partial charge is 0.366 e. The van der Waals surface area contributed by atoms with Gasteiger partial charge in [-0.15, -0.1) is 0 Å². The summed E-state index contributed by atoms with van der Waals surface area (Å²) in [6.45, 7) is 5.34. The van der Waals surface area contributed by atoms with Crippen LogP contribution < -0.4 is 16.6 Å². The summed E-state index contributed by atoms with van der Waals surface area (Å²) in [6, 6.07) is -0.816. The third-order valence-corrected chi connectivity index (χ3v) is 0.961. The Bertz CT molecular complexity index is 198. The average molecular weight is 189 g/mol. The first-order valence-electron chi connectivity index (χ1n) is 3.79. The Labute approximate surface area is 76.8 Å². The zero-order valence-electron chi connectivity index (χ0n) is 8.01. The van der Waals surface area contributed by atoms with Gasteiger partial charge in [0.05, 0.1) is 5.60 Å². The SMILES string of the molecule is CC(C)(C)OCC(=O)NNC(N)=O. The molecule has 0 saturated heterocycles. The number of nitrogens with one attached hydrogen (secondary N) is 2. The number of ether oxygens (including phenoxy) is 1. The van der Waals surface area contributed by atoms with Crippen molar-refractivity contribution in [2.45, 2.75) is 26.4 Å². The Kier molecular flexibility index (Phi) is 4.19. The van der Waals surface area contributed by atoms with E-state index in [2.05, 4.69) is 5.43 Å². The second kappa shape index (κ2) is 4.66. The molecule has 76 valence electrons. The van der Waals surface area contributed by atoms with Crippen LogP contribution in [-0.4, -0.2) is 24.1 Å². The first kappa shape index (κ1) is 11.7. The highest BCUT2D eigenvalue weighted by atomic mass is 16.5. The molecular formula is C7H15N3O3. The highest BCUT2D eigenvalue weighted by Gasteiger charge is 2.12. The van der Waals surface area contributed by atoms with Gasteiger partial charge in [0, 0.05) is 0 Å². The normalized spacial score (nSPS) is 10.7. The van der Waals surface area contributed by atoms with E-state index in [4.69, 9.17) is 10.5 Å². The number of urea groups is 1. The van der Waals surface area contributed by atoms with E-state index in [1.54, 1.807) is 0 Å². The predicted octanol–water partition coefficient (Wildman–Crippen LogP) is -0.499. The Morgan fingerprint density at radius 3 is 2.23 bits per heavy atom. The summed E-state index contributed by atoms with van der Waals surface area (Å²) in [7, 11) is 0. The summed E-state index contributed by atoms with van der Waals surface area (Å²) in [5, 5.41) is 0. The van der Waals surface area contributed by atoms with E-state index in [0.29, 0.717) is 0 Å². The highest BCUT2D eigenvalue weighted by Crippen LogP contribution is 2.05. The molecule has 0 aromatic rings. The molecule has 0 unspecified atom stereocenters. The van der Waals surface area contributed by atoms with Crippen LogP contribution in [0.25, 0.3) is 0 Å². The van der Waals surface area contributed by atoms with E-state index in [-0.39, 0.29) is 12.2 Å². The van der Waals surface area contributed by atoms with E-state index in [1.807, 2.05) is 26.2 Å². The topological polar surface area (TPSA) is 93.4 Å². The Morgan fingerprint density at radius 2 is 1.85 bits per heavy atom. The summed E-state index contributed by atoms with van der Waals surface area (Å²) in [5.41, 5.74) is 8.34. The minimum atomic E-state index is -0.816. The van der Waals surface area contributed by atoms with Gasteiger partial charge in [0.1, 0.15) is 6.61 Å². The number of hydrogen-bond donors (Lipinski definition) is 3. The molecule has 6 nitrogen and oxygen atoms in total. The Balaban J connectivity index is 3.58. The summed E-state index contributed by atoms with van der Waals surface area (Å²) >= 11 is 0. The number of nitrogens with two attached hydrogens (primary N) is 1. The molecule has 0 spiro atoms. The molecule has 0 aromatic carbocycles. The Morgan fingerprint density at radius 1 is 1.31 bits per heavy atom. The zero-order chi connectivity index (χ0) is 10.5. The lowest BCUT2D eigenvalue weighted by Gasteiger charge is -2.18.